The summed E-state index contributed by atoms with van der Waals surface area (Å²) >= 11 is 1.43. The predicted octanol–water partition coefficient (Wildman–Crippen LogP) is 3.19. The van der Waals surface area contributed by atoms with Gasteiger partial charge in [0.2, 0.25) is 5.91 Å². The molecule has 1 aromatic heterocycles. The maximum atomic E-state index is 12.2. The number of ether oxygens (including phenoxy) is 2. The van der Waals surface area contributed by atoms with Crippen molar-refractivity contribution in [3.8, 4) is 17.6 Å². The summed E-state index contributed by atoms with van der Waals surface area (Å²) in [6, 6.07) is 9.52. The highest BCUT2D eigenvalue weighted by Crippen LogP contribution is 2.31. The number of nitrogens with zero attached hydrogens (tertiary/aromatic N) is 2. The van der Waals surface area contributed by atoms with Crippen LogP contribution in [0.3, 0.4) is 0 Å². The van der Waals surface area contributed by atoms with Crippen molar-refractivity contribution < 1.29 is 14.3 Å². The molecule has 0 aliphatic rings. The molecule has 6 nitrogen and oxygen atoms in total. The van der Waals surface area contributed by atoms with Gasteiger partial charge in [0.25, 0.3) is 0 Å². The Bertz CT molecular complexity index is 794. The lowest BCUT2D eigenvalue weighted by molar-refractivity contribution is -0.117. The quantitative estimate of drug-likeness (QED) is 0.769. The van der Waals surface area contributed by atoms with Crippen molar-refractivity contribution in [1.29, 1.82) is 5.26 Å². The smallest absolute Gasteiger partial charge is 0.239 e. The molecular weight excluding hydrogens is 350 g/mol. The lowest BCUT2D eigenvalue weighted by atomic mass is 10.2. The number of likely N-dealkylation sites (N-methyl/N-ethyl adjacent to an activating group) is 1. The number of nitrogens with one attached hydrogen (secondary N) is 1. The highest BCUT2D eigenvalue weighted by atomic mass is 32.1. The first-order chi connectivity index (χ1) is 12.4. The fraction of sp³-hybridized carbons (Fsp3) is 0.368. The predicted molar refractivity (Wildman–Crippen MR) is 103 cm³/mol. The molecule has 138 valence electrons. The number of nitriles is 1. The molecule has 0 spiro atoms. The summed E-state index contributed by atoms with van der Waals surface area (Å²) in [6.07, 6.45) is 0. The van der Waals surface area contributed by atoms with E-state index in [0.717, 1.165) is 21.9 Å². The van der Waals surface area contributed by atoms with Gasteiger partial charge in [-0.15, -0.1) is 11.3 Å². The highest BCUT2D eigenvalue weighted by molar-refractivity contribution is 7.16. The Morgan fingerprint density at radius 3 is 2.54 bits per heavy atom. The monoisotopic (exact) mass is 373 g/mol. The zero-order valence-electron chi connectivity index (χ0n) is 15.5. The van der Waals surface area contributed by atoms with Crippen LogP contribution in [0.25, 0.3) is 0 Å². The molecule has 7 heteroatoms. The maximum absolute atomic E-state index is 12.2. The molecule has 0 saturated carbocycles. The Kier molecular flexibility index (Phi) is 7.01. The molecule has 0 unspecified atom stereocenters. The fourth-order valence-corrected chi connectivity index (χ4v) is 3.36. The van der Waals surface area contributed by atoms with Crippen LogP contribution in [0.5, 0.6) is 11.5 Å². The van der Waals surface area contributed by atoms with E-state index in [9.17, 15) is 10.1 Å². The Balaban J connectivity index is 1.78. The summed E-state index contributed by atoms with van der Waals surface area (Å²) in [6.45, 7) is 5.14. The third-order valence-electron chi connectivity index (χ3n) is 3.96. The van der Waals surface area contributed by atoms with Crippen molar-refractivity contribution >= 4 is 22.2 Å². The number of hydrogen-bond acceptors (Lipinski definition) is 6. The van der Waals surface area contributed by atoms with Gasteiger partial charge in [0.05, 0.1) is 19.2 Å². The SMILES string of the molecule is COc1ccc(OCCN(C)CC(=O)Nc2sc(C)c(C)c2C#N)cc1. The molecule has 1 aromatic carbocycles. The highest BCUT2D eigenvalue weighted by Gasteiger charge is 2.15. The second-order valence-electron chi connectivity index (χ2n) is 5.91. The topological polar surface area (TPSA) is 74.6 Å². The number of thiophene rings is 1. The van der Waals surface area contributed by atoms with Crippen LogP contribution < -0.4 is 14.8 Å². The standard InChI is InChI=1S/C19H23N3O3S/c1-13-14(2)26-19(17(13)11-20)21-18(23)12-22(3)9-10-25-16-7-5-15(24-4)6-8-16/h5-8H,9-10,12H2,1-4H3,(H,21,23). The van der Waals surface area contributed by atoms with Crippen molar-refractivity contribution in [2.75, 3.05) is 39.2 Å². The van der Waals surface area contributed by atoms with Gasteiger partial charge in [0, 0.05) is 11.4 Å². The summed E-state index contributed by atoms with van der Waals surface area (Å²) in [5.41, 5.74) is 1.47. The molecule has 0 radical (unpaired) electrons. The number of carbonyl (C=O) groups is 1. The van der Waals surface area contributed by atoms with Gasteiger partial charge >= 0.3 is 0 Å². The van der Waals surface area contributed by atoms with Gasteiger partial charge in [-0.3, -0.25) is 9.69 Å². The molecule has 2 rings (SSSR count). The molecule has 26 heavy (non-hydrogen) atoms. The molecule has 1 heterocycles. The summed E-state index contributed by atoms with van der Waals surface area (Å²) in [5, 5.41) is 12.7. The van der Waals surface area contributed by atoms with Crippen LogP contribution in [0.15, 0.2) is 24.3 Å². The van der Waals surface area contributed by atoms with Crippen molar-refractivity contribution in [2.45, 2.75) is 13.8 Å². The lowest BCUT2D eigenvalue weighted by Crippen LogP contribution is -2.33. The molecular formula is C19H23N3O3S. The van der Waals surface area contributed by atoms with E-state index >= 15 is 0 Å². The Labute approximate surface area is 158 Å². The molecule has 0 aliphatic heterocycles. The minimum atomic E-state index is -0.144. The van der Waals surface area contributed by atoms with Gasteiger partial charge in [-0.1, -0.05) is 0 Å². The van der Waals surface area contributed by atoms with Crippen LogP contribution in [-0.4, -0.2) is 44.7 Å². The van der Waals surface area contributed by atoms with Crippen LogP contribution in [0.4, 0.5) is 5.00 Å². The van der Waals surface area contributed by atoms with Gasteiger partial charge < -0.3 is 14.8 Å². The van der Waals surface area contributed by atoms with Gasteiger partial charge in [0.1, 0.15) is 29.2 Å². The van der Waals surface area contributed by atoms with Crippen LogP contribution in [0.1, 0.15) is 16.0 Å². The molecule has 0 fully saturated rings. The number of rotatable bonds is 8. The normalized spacial score (nSPS) is 10.5. The van der Waals surface area contributed by atoms with Crippen molar-refractivity contribution in [1.82, 2.24) is 4.90 Å². The Morgan fingerprint density at radius 2 is 1.92 bits per heavy atom. The summed E-state index contributed by atoms with van der Waals surface area (Å²) < 4.78 is 10.8. The number of benzene rings is 1. The van der Waals surface area contributed by atoms with Gasteiger partial charge in [-0.05, 0) is 50.7 Å². The largest absolute Gasteiger partial charge is 0.497 e. The lowest BCUT2D eigenvalue weighted by Gasteiger charge is -2.16. The third kappa shape index (κ3) is 5.22. The molecule has 1 amide bonds. The average Bonchev–Trinajstić information content (AvgIpc) is 2.88. The minimum absolute atomic E-state index is 0.144. The number of amides is 1. The summed E-state index contributed by atoms with van der Waals surface area (Å²) in [4.78, 5) is 15.1. The van der Waals surface area contributed by atoms with E-state index in [1.54, 1.807) is 7.11 Å². The first-order valence-corrected chi connectivity index (χ1v) is 9.01. The van der Waals surface area contributed by atoms with Crippen LogP contribution >= 0.6 is 11.3 Å². The van der Waals surface area contributed by atoms with Crippen molar-refractivity contribution in [3.63, 3.8) is 0 Å². The Hall–Kier alpha value is -2.56. The van der Waals surface area contributed by atoms with E-state index in [1.807, 2.05) is 50.1 Å². The second-order valence-corrected chi connectivity index (χ2v) is 7.13. The maximum Gasteiger partial charge on any atom is 0.239 e. The van der Waals surface area contributed by atoms with E-state index in [4.69, 9.17) is 9.47 Å². The number of anilines is 1. The number of methoxy groups -OCH3 is 1. The molecule has 0 bridgehead atoms. The number of aryl methyl sites for hydroxylation is 1. The van der Waals surface area contributed by atoms with E-state index in [-0.39, 0.29) is 12.5 Å². The summed E-state index contributed by atoms with van der Waals surface area (Å²) in [7, 11) is 3.47. The molecule has 1 N–H and O–H groups in total. The molecule has 0 saturated heterocycles. The van der Waals surface area contributed by atoms with Crippen molar-refractivity contribution in [2.24, 2.45) is 0 Å². The van der Waals surface area contributed by atoms with Crippen LogP contribution in [0.2, 0.25) is 0 Å². The van der Waals surface area contributed by atoms with Crippen molar-refractivity contribution in [3.05, 3.63) is 40.3 Å². The minimum Gasteiger partial charge on any atom is -0.497 e. The molecule has 0 atom stereocenters. The fourth-order valence-electron chi connectivity index (χ4n) is 2.33. The third-order valence-corrected chi connectivity index (χ3v) is 5.09. The van der Waals surface area contributed by atoms with Gasteiger partial charge in [-0.2, -0.15) is 5.26 Å². The summed E-state index contributed by atoms with van der Waals surface area (Å²) in [5.74, 6) is 1.39. The zero-order valence-corrected chi connectivity index (χ0v) is 16.3. The number of carbonyl (C=O) groups excluding carboxylic acids is 1. The molecule has 0 aliphatic carbocycles. The molecule has 2 aromatic rings. The van der Waals surface area contributed by atoms with E-state index < -0.39 is 0 Å². The van der Waals surface area contributed by atoms with Crippen LogP contribution in [0, 0.1) is 25.2 Å². The first-order valence-electron chi connectivity index (χ1n) is 8.20. The first kappa shape index (κ1) is 19.8. The zero-order chi connectivity index (χ0) is 19.1. The average molecular weight is 373 g/mol. The van der Waals surface area contributed by atoms with Gasteiger partial charge in [-0.25, -0.2) is 0 Å². The van der Waals surface area contributed by atoms with Gasteiger partial charge in [0.15, 0.2) is 0 Å². The van der Waals surface area contributed by atoms with E-state index in [1.165, 1.54) is 11.3 Å². The Morgan fingerprint density at radius 1 is 1.27 bits per heavy atom. The number of hydrogen-bond donors (Lipinski definition) is 1. The second kappa shape index (κ2) is 9.22. The van der Waals surface area contributed by atoms with E-state index in [2.05, 4.69) is 11.4 Å². The van der Waals surface area contributed by atoms with Crippen LogP contribution in [-0.2, 0) is 4.79 Å². The van der Waals surface area contributed by atoms with E-state index in [0.29, 0.717) is 23.7 Å².